The van der Waals surface area contributed by atoms with E-state index in [1.165, 1.54) is 4.70 Å². The highest BCUT2D eigenvalue weighted by Gasteiger charge is 2.60. The van der Waals surface area contributed by atoms with Crippen LogP contribution in [0.25, 0.3) is 16.2 Å². The molecule has 4 atom stereocenters. The van der Waals surface area contributed by atoms with Crippen molar-refractivity contribution in [3.05, 3.63) is 144 Å². The van der Waals surface area contributed by atoms with Crippen LogP contribution in [0.5, 0.6) is 0 Å². The van der Waals surface area contributed by atoms with Crippen LogP contribution < -0.4 is 15.9 Å². The second-order valence-corrected chi connectivity index (χ2v) is 26.1. The molecule has 5 aromatic rings. The predicted molar refractivity (Wildman–Crippen MR) is 245 cm³/mol. The number of fused-ring (bicyclic) bond motifs is 1. The molecule has 0 spiro atoms. The summed E-state index contributed by atoms with van der Waals surface area (Å²) in [6.07, 6.45) is 5.12. The first-order valence-corrected chi connectivity index (χ1v) is 25.8. The Morgan fingerprint density at radius 1 is 0.897 bits per heavy atom. The second kappa shape index (κ2) is 16.9. The molecule has 1 saturated carbocycles. The van der Waals surface area contributed by atoms with Crippen molar-refractivity contribution in [2.24, 2.45) is 11.8 Å². The quantitative estimate of drug-likeness (QED) is 0.0313. The first-order chi connectivity index (χ1) is 27.8. The molecular formula is C49H54NO5PSSi. The Morgan fingerprint density at radius 3 is 1.98 bits per heavy atom. The minimum Gasteiger partial charge on any atom is -0.457 e. The SMILES string of the molecule is C=CCOC(=O)C(N1C(=O)[C@H]([C@@H](C)O[Si](C)(C)C(C)(C)C)[C@H]1[C@H]1CCCC(=Cc2cc3ccccc3s2)C1=O)=P(c1ccccc1)(c1ccccc1)c1ccccc1. The zero-order valence-electron chi connectivity index (χ0n) is 34.4. The number of ketones is 1. The van der Waals surface area contributed by atoms with E-state index in [-0.39, 0.29) is 28.8 Å². The Labute approximate surface area is 348 Å². The highest BCUT2D eigenvalue weighted by atomic mass is 32.1. The van der Waals surface area contributed by atoms with Crippen LogP contribution in [-0.2, 0) is 23.5 Å². The lowest BCUT2D eigenvalue weighted by atomic mass is 9.69. The third kappa shape index (κ3) is 7.68. The van der Waals surface area contributed by atoms with Crippen LogP contribution in [0, 0.1) is 11.8 Å². The lowest BCUT2D eigenvalue weighted by molar-refractivity contribution is -0.162. The van der Waals surface area contributed by atoms with E-state index >= 15 is 14.4 Å². The van der Waals surface area contributed by atoms with Crippen LogP contribution in [0.1, 0.15) is 51.8 Å². The third-order valence-corrected chi connectivity index (χ3v) is 22.1. The maximum absolute atomic E-state index is 15.4. The summed E-state index contributed by atoms with van der Waals surface area (Å²) in [6.45, 7) is 13.6. The predicted octanol–water partition coefficient (Wildman–Crippen LogP) is 9.74. The minimum atomic E-state index is -3.18. The number of amides is 1. The fraction of sp³-hybridized carbons (Fsp3) is 0.306. The summed E-state index contributed by atoms with van der Waals surface area (Å²) in [4.78, 5) is 48.5. The van der Waals surface area contributed by atoms with Gasteiger partial charge in [-0.2, -0.15) is 0 Å². The van der Waals surface area contributed by atoms with Crippen molar-refractivity contribution in [1.82, 2.24) is 4.90 Å². The standard InChI is InChI=1S/C49H54NO5PSSi/c1-8-31-54-48(53)47(56(37-23-12-9-13-24-37,38-25-14-10-15-26-38)39-27-16-11-17-28-39)50-44(43(46(50)52)34(2)55-58(6,7)49(3,4)5)41-29-20-22-36(45(41)51)33-40-32-35-21-18-19-30-42(35)57-40/h8-19,21,23-28,30,32-34,41,43-44H,1,20,22,29,31H2,2-7H3/t34-,41-,43-,44-/m1/s1. The zero-order valence-corrected chi connectivity index (χ0v) is 37.1. The fourth-order valence-corrected chi connectivity index (χ4v) is 15.3. The number of ether oxygens (including phenoxy) is 1. The maximum atomic E-state index is 15.4. The first kappa shape index (κ1) is 41.6. The van der Waals surface area contributed by atoms with Crippen molar-refractivity contribution in [2.75, 3.05) is 6.61 Å². The van der Waals surface area contributed by atoms with E-state index in [1.54, 1.807) is 22.3 Å². The molecule has 2 fully saturated rings. The van der Waals surface area contributed by atoms with E-state index in [2.05, 4.69) is 58.6 Å². The lowest BCUT2D eigenvalue weighted by Gasteiger charge is -2.55. The fourth-order valence-electron chi connectivity index (χ4n) is 8.49. The molecule has 2 heterocycles. The number of Topliss-reactive ketones (excluding diaryl/α,β-unsaturated/α-hetero) is 1. The molecule has 1 aliphatic heterocycles. The van der Waals surface area contributed by atoms with Crippen molar-refractivity contribution in [2.45, 2.75) is 77.2 Å². The van der Waals surface area contributed by atoms with Crippen LogP contribution in [0.3, 0.4) is 0 Å². The molecule has 0 bridgehead atoms. The molecule has 9 heteroatoms. The van der Waals surface area contributed by atoms with E-state index in [4.69, 9.17) is 9.16 Å². The summed E-state index contributed by atoms with van der Waals surface area (Å²) in [5.74, 6) is -2.00. The summed E-state index contributed by atoms with van der Waals surface area (Å²) in [5.41, 5.74) is 1.03. The number of carbonyl (C=O) groups is 3. The van der Waals surface area contributed by atoms with Gasteiger partial charge in [0, 0.05) is 22.4 Å². The average Bonchev–Trinajstić information content (AvgIpc) is 3.63. The van der Waals surface area contributed by atoms with Gasteiger partial charge in [-0.25, -0.2) is 4.79 Å². The van der Waals surface area contributed by atoms with Gasteiger partial charge in [0.15, 0.2) is 14.1 Å². The molecule has 0 unspecified atom stereocenters. The van der Waals surface area contributed by atoms with Crippen molar-refractivity contribution in [1.29, 1.82) is 0 Å². The van der Waals surface area contributed by atoms with Gasteiger partial charge in [-0.3, -0.25) is 9.59 Å². The van der Waals surface area contributed by atoms with Gasteiger partial charge >= 0.3 is 5.97 Å². The Kier molecular flexibility index (Phi) is 12.1. The van der Waals surface area contributed by atoms with Crippen LogP contribution in [0.15, 0.2) is 140 Å². The molecule has 0 N–H and O–H groups in total. The molecule has 0 radical (unpaired) electrons. The van der Waals surface area contributed by atoms with Gasteiger partial charge < -0.3 is 14.1 Å². The number of rotatable bonds is 12. The van der Waals surface area contributed by atoms with Crippen molar-refractivity contribution in [3.63, 3.8) is 0 Å². The van der Waals surface area contributed by atoms with E-state index in [0.29, 0.717) is 12.8 Å². The summed E-state index contributed by atoms with van der Waals surface area (Å²) in [5, 5.41) is 3.74. The van der Waals surface area contributed by atoms with Gasteiger partial charge in [-0.1, -0.05) is 143 Å². The van der Waals surface area contributed by atoms with Crippen LogP contribution in [0.2, 0.25) is 18.1 Å². The molecule has 1 amide bonds. The number of hydrogen-bond donors (Lipinski definition) is 0. The van der Waals surface area contributed by atoms with Gasteiger partial charge in [-0.15, -0.1) is 11.3 Å². The zero-order chi connectivity index (χ0) is 41.2. The van der Waals surface area contributed by atoms with Crippen molar-refractivity contribution in [3.8, 4) is 0 Å². The minimum absolute atomic E-state index is 0.0256. The second-order valence-electron chi connectivity index (χ2n) is 16.9. The smallest absolute Gasteiger partial charge is 0.356 e. The summed E-state index contributed by atoms with van der Waals surface area (Å²) < 4.78 is 14.3. The number of hydrogen-bond acceptors (Lipinski definition) is 6. The number of carbonyl (C=O) groups excluding carboxylic acids is 3. The molecule has 58 heavy (non-hydrogen) atoms. The van der Waals surface area contributed by atoms with E-state index in [9.17, 15) is 0 Å². The molecule has 1 aliphatic carbocycles. The summed E-state index contributed by atoms with van der Waals surface area (Å²) >= 11 is 1.67. The van der Waals surface area contributed by atoms with Gasteiger partial charge in [0.2, 0.25) is 5.91 Å². The molecule has 4 aromatic carbocycles. The van der Waals surface area contributed by atoms with Gasteiger partial charge in [-0.05, 0) is 89.4 Å². The average molecular weight is 828 g/mol. The highest BCUT2D eigenvalue weighted by Crippen LogP contribution is 2.52. The molecule has 300 valence electrons. The molecule has 2 aliphatic rings. The number of benzene rings is 4. The molecular weight excluding hydrogens is 774 g/mol. The van der Waals surface area contributed by atoms with Crippen LogP contribution in [-0.4, -0.2) is 55.0 Å². The number of nitrogens with zero attached hydrogens (tertiary/aromatic N) is 1. The Bertz CT molecular complexity index is 2260. The van der Waals surface area contributed by atoms with E-state index in [0.717, 1.165) is 38.2 Å². The van der Waals surface area contributed by atoms with Gasteiger partial charge in [0.05, 0.1) is 18.1 Å². The summed E-state index contributed by atoms with van der Waals surface area (Å²) in [7, 11) is -2.37. The largest absolute Gasteiger partial charge is 0.457 e. The van der Waals surface area contributed by atoms with Crippen molar-refractivity contribution < 1.29 is 23.5 Å². The molecule has 6 nitrogen and oxygen atoms in total. The highest BCUT2D eigenvalue weighted by molar-refractivity contribution is 7.96. The first-order valence-electron chi connectivity index (χ1n) is 20.3. The number of esters is 1. The maximum Gasteiger partial charge on any atom is 0.356 e. The van der Waals surface area contributed by atoms with Crippen LogP contribution >= 0.6 is 18.2 Å². The van der Waals surface area contributed by atoms with Gasteiger partial charge in [0.1, 0.15) is 12.0 Å². The normalized spacial score (nSPS) is 20.1. The Morgan fingerprint density at radius 2 is 1.45 bits per heavy atom. The monoisotopic (exact) mass is 827 g/mol. The number of allylic oxidation sites excluding steroid dienone is 1. The van der Waals surface area contributed by atoms with E-state index < -0.39 is 45.2 Å². The van der Waals surface area contributed by atoms with Crippen LogP contribution in [0.4, 0.5) is 0 Å². The number of thiophene rings is 1. The van der Waals surface area contributed by atoms with E-state index in [1.807, 2.05) is 116 Å². The molecule has 1 aromatic heterocycles. The lowest BCUT2D eigenvalue weighted by Crippen LogP contribution is -2.72. The topological polar surface area (TPSA) is 72.9 Å². The molecule has 7 rings (SSSR count). The number of likely N-dealkylation sites (tertiary alicyclic amines) is 1. The summed E-state index contributed by atoms with van der Waals surface area (Å²) in [6, 6.07) is 39.8. The number of β-lactam (4-membered cyclic amide) rings is 1. The van der Waals surface area contributed by atoms with Crippen molar-refractivity contribution >= 4 is 81.7 Å². The third-order valence-electron chi connectivity index (χ3n) is 12.3. The Hall–Kier alpha value is -4.59. The Balaban J connectivity index is 1.49. The molecule has 1 saturated heterocycles. The van der Waals surface area contributed by atoms with Gasteiger partial charge in [0.25, 0.3) is 0 Å².